The monoisotopic (exact) mass is 779 g/mol. The maximum atomic E-state index is 4.16. The first-order chi connectivity index (χ1) is 30.2. The topological polar surface area (TPSA) is 21.4 Å². The third-order valence-electron chi connectivity index (χ3n) is 13.7. The molecule has 61 heavy (non-hydrogen) atoms. The second-order valence-electron chi connectivity index (χ2n) is 17.1. The lowest BCUT2D eigenvalue weighted by molar-refractivity contribution is 0.717. The molecule has 13 rings (SSSR count). The first-order valence-corrected chi connectivity index (χ1v) is 22.0. The van der Waals surface area contributed by atoms with Gasteiger partial charge in [0, 0.05) is 71.4 Å². The minimum absolute atomic E-state index is 0.836. The first-order valence-electron chi connectivity index (χ1n) is 22.0. The zero-order valence-electron chi connectivity index (χ0n) is 34.2. The van der Waals surface area contributed by atoms with Crippen molar-refractivity contribution < 1.29 is 0 Å². The van der Waals surface area contributed by atoms with Crippen molar-refractivity contribution in [2.45, 2.75) is 32.6 Å². The second-order valence-corrected chi connectivity index (χ2v) is 17.1. The summed E-state index contributed by atoms with van der Waals surface area (Å²) in [5.74, 6) is 0. The van der Waals surface area contributed by atoms with Crippen LogP contribution >= 0.6 is 0 Å². The van der Waals surface area contributed by atoms with Gasteiger partial charge in [0.1, 0.15) is 0 Å². The van der Waals surface area contributed by atoms with Crippen molar-refractivity contribution in [3.63, 3.8) is 0 Å². The summed E-state index contributed by atoms with van der Waals surface area (Å²) in [7, 11) is 0.836. The van der Waals surface area contributed by atoms with Gasteiger partial charge < -0.3 is 14.3 Å². The lowest BCUT2D eigenvalue weighted by Gasteiger charge is -2.27. The average molecular weight is 780 g/mol. The Hall–Kier alpha value is -7.30. The van der Waals surface area contributed by atoms with E-state index in [-0.39, 0.29) is 0 Å². The molecule has 0 saturated carbocycles. The van der Waals surface area contributed by atoms with E-state index in [2.05, 4.69) is 197 Å². The molecule has 0 radical (unpaired) electrons. The lowest BCUT2D eigenvalue weighted by atomic mass is 9.58. The van der Waals surface area contributed by atoms with Gasteiger partial charge in [-0.1, -0.05) is 165 Å². The SMILES string of the molecule is CCCCCc1ccc(Nc2ccc3c4cccc5c6ccccc6n(c3c2-c2cc3ccccc3c3c2Bc2cccc6c7ccccc7n-3c26)c54)c(-c2ccccc2)c1. The van der Waals surface area contributed by atoms with E-state index in [0.29, 0.717) is 0 Å². The van der Waals surface area contributed by atoms with Gasteiger partial charge in [0.25, 0.3) is 0 Å². The fraction of sp³-hybridized carbons (Fsp3) is 0.0877. The van der Waals surface area contributed by atoms with E-state index in [1.165, 1.54) is 134 Å². The maximum absolute atomic E-state index is 4.16. The number of nitrogens with zero attached hydrogens (tertiary/aromatic N) is 2. The molecule has 1 aliphatic heterocycles. The van der Waals surface area contributed by atoms with Crippen molar-refractivity contribution in [1.29, 1.82) is 0 Å². The smallest absolute Gasteiger partial charge is 0.198 e. The molecular weight excluding hydrogens is 737 g/mol. The summed E-state index contributed by atoms with van der Waals surface area (Å²) < 4.78 is 5.16. The molecule has 1 aliphatic rings. The minimum atomic E-state index is 0.836. The second kappa shape index (κ2) is 13.4. The third kappa shape index (κ3) is 5.00. The van der Waals surface area contributed by atoms with E-state index in [4.69, 9.17) is 0 Å². The quantitative estimate of drug-likeness (QED) is 0.120. The van der Waals surface area contributed by atoms with Crippen molar-refractivity contribution in [3.05, 3.63) is 181 Å². The highest BCUT2D eigenvalue weighted by Crippen LogP contribution is 2.47. The molecule has 0 amide bonds. The van der Waals surface area contributed by atoms with Gasteiger partial charge in [-0.05, 0) is 76.8 Å². The number of rotatable bonds is 8. The number of fused-ring (bicyclic) bond motifs is 13. The summed E-state index contributed by atoms with van der Waals surface area (Å²) in [6, 6.07) is 66.0. The minimum Gasteiger partial charge on any atom is -0.354 e. The highest BCUT2D eigenvalue weighted by atomic mass is 15.0. The summed E-state index contributed by atoms with van der Waals surface area (Å²) in [6.07, 6.45) is 4.74. The van der Waals surface area contributed by atoms with Crippen LogP contribution in [0.25, 0.3) is 98.6 Å². The van der Waals surface area contributed by atoms with Gasteiger partial charge in [-0.25, -0.2) is 0 Å². The van der Waals surface area contributed by atoms with Gasteiger partial charge in [0.15, 0.2) is 7.28 Å². The van der Waals surface area contributed by atoms with Crippen LogP contribution in [-0.2, 0) is 6.42 Å². The van der Waals surface area contributed by atoms with E-state index in [1.54, 1.807) is 0 Å². The number of nitrogens with one attached hydrogen (secondary N) is 1. The van der Waals surface area contributed by atoms with E-state index < -0.39 is 0 Å². The van der Waals surface area contributed by atoms with Gasteiger partial charge in [-0.15, -0.1) is 0 Å². The summed E-state index contributed by atoms with van der Waals surface area (Å²) >= 11 is 0. The Morgan fingerprint density at radius 1 is 0.492 bits per heavy atom. The van der Waals surface area contributed by atoms with Crippen molar-refractivity contribution >= 4 is 100 Å². The van der Waals surface area contributed by atoms with E-state index >= 15 is 0 Å². The predicted molar refractivity (Wildman–Crippen MR) is 263 cm³/mol. The molecule has 0 aliphatic carbocycles. The molecule has 12 aromatic rings. The van der Waals surface area contributed by atoms with Crippen LogP contribution < -0.4 is 16.2 Å². The maximum Gasteiger partial charge on any atom is 0.198 e. The Morgan fingerprint density at radius 3 is 1.98 bits per heavy atom. The molecule has 0 fully saturated rings. The number of hydrogen-bond acceptors (Lipinski definition) is 1. The largest absolute Gasteiger partial charge is 0.354 e. The Bertz CT molecular complexity index is 3720. The first kappa shape index (κ1) is 34.6. The van der Waals surface area contributed by atoms with Crippen molar-refractivity contribution in [2.75, 3.05) is 5.32 Å². The Kier molecular flexibility index (Phi) is 7.57. The number of hydrogen-bond donors (Lipinski definition) is 1. The van der Waals surface area contributed by atoms with Crippen LogP contribution in [0.15, 0.2) is 176 Å². The Labute approximate surface area is 355 Å². The van der Waals surface area contributed by atoms with Crippen LogP contribution in [0.5, 0.6) is 0 Å². The van der Waals surface area contributed by atoms with Gasteiger partial charge in [-0.2, -0.15) is 0 Å². The molecule has 288 valence electrons. The fourth-order valence-corrected chi connectivity index (χ4v) is 11.0. The zero-order valence-corrected chi connectivity index (χ0v) is 34.2. The van der Waals surface area contributed by atoms with Crippen LogP contribution in [-0.4, -0.2) is 16.2 Å². The number of benzene rings is 9. The Balaban J connectivity index is 1.16. The predicted octanol–water partition coefficient (Wildman–Crippen LogP) is 13.6. The number of para-hydroxylation sites is 4. The lowest BCUT2D eigenvalue weighted by Crippen LogP contribution is -2.37. The average Bonchev–Trinajstić information content (AvgIpc) is 3.96. The number of aromatic nitrogens is 2. The summed E-state index contributed by atoms with van der Waals surface area (Å²) in [6.45, 7) is 2.28. The van der Waals surface area contributed by atoms with Gasteiger partial charge in [-0.3, -0.25) is 0 Å². The third-order valence-corrected chi connectivity index (χ3v) is 13.7. The normalized spacial score (nSPS) is 12.4. The number of aryl methyl sites for hydroxylation is 1. The van der Waals surface area contributed by atoms with Crippen molar-refractivity contribution in [2.24, 2.45) is 0 Å². The summed E-state index contributed by atoms with van der Waals surface area (Å²) in [5, 5.41) is 14.4. The van der Waals surface area contributed by atoms with E-state index in [9.17, 15) is 0 Å². The highest BCUT2D eigenvalue weighted by molar-refractivity contribution is 6.74. The molecular formula is C57H42BN3. The van der Waals surface area contributed by atoms with Gasteiger partial charge >= 0.3 is 0 Å². The Morgan fingerprint density at radius 2 is 1.15 bits per heavy atom. The van der Waals surface area contributed by atoms with E-state index in [1.807, 2.05) is 0 Å². The molecule has 3 nitrogen and oxygen atoms in total. The molecule has 0 spiro atoms. The van der Waals surface area contributed by atoms with Crippen LogP contribution in [0, 0.1) is 0 Å². The molecule has 9 aromatic carbocycles. The molecule has 0 bridgehead atoms. The molecule has 1 N–H and O–H groups in total. The highest BCUT2D eigenvalue weighted by Gasteiger charge is 2.30. The zero-order chi connectivity index (χ0) is 40.2. The van der Waals surface area contributed by atoms with Crippen molar-refractivity contribution in [1.82, 2.24) is 8.97 Å². The van der Waals surface area contributed by atoms with Crippen LogP contribution in [0.4, 0.5) is 11.4 Å². The number of anilines is 2. The molecule has 3 aromatic heterocycles. The van der Waals surface area contributed by atoms with Gasteiger partial charge in [0.2, 0.25) is 0 Å². The number of unbranched alkanes of at least 4 members (excludes halogenated alkanes) is 2. The summed E-state index contributed by atoms with van der Waals surface area (Å²) in [4.78, 5) is 0. The summed E-state index contributed by atoms with van der Waals surface area (Å²) in [5.41, 5.74) is 18.9. The standard InChI is InChI=1S/C57H42BN3/c1-2-3-5-16-35-29-31-48(45(33-35)36-17-6-4-7-18-36)59-49-32-30-44-43-24-14-23-41-39-21-10-12-27-50(39)60(54(41)43)56(44)52(49)46-34-37-19-8-9-20-38(37)57-53(46)58-47-26-15-25-42-40-22-11-13-28-51(40)61(57)55(42)47/h4,6-15,17-34,58-59H,2-3,5,16H2,1H3. The molecule has 0 unspecified atom stereocenters. The van der Waals surface area contributed by atoms with Crippen LogP contribution in [0.2, 0.25) is 0 Å². The molecule has 4 heterocycles. The van der Waals surface area contributed by atoms with Gasteiger partial charge in [0.05, 0.1) is 22.1 Å². The van der Waals surface area contributed by atoms with Crippen LogP contribution in [0.3, 0.4) is 0 Å². The van der Waals surface area contributed by atoms with Crippen molar-refractivity contribution in [3.8, 4) is 27.9 Å². The van der Waals surface area contributed by atoms with E-state index in [0.717, 1.165) is 25.1 Å². The molecule has 0 atom stereocenters. The van der Waals surface area contributed by atoms with Crippen LogP contribution in [0.1, 0.15) is 31.7 Å². The fourth-order valence-electron chi connectivity index (χ4n) is 11.0. The molecule has 4 heteroatoms. The molecule has 0 saturated heterocycles.